The summed E-state index contributed by atoms with van der Waals surface area (Å²) in [5, 5.41) is 61.4. The van der Waals surface area contributed by atoms with Crippen LogP contribution >= 0.6 is 23.5 Å². The number of carboxylic acid groups (broad SMARTS) is 3. The number of aliphatic hydroxyl groups is 2. The highest BCUT2D eigenvalue weighted by molar-refractivity contribution is 8.04. The van der Waals surface area contributed by atoms with Gasteiger partial charge in [-0.2, -0.15) is 0 Å². The topological polar surface area (TPSA) is 249 Å². The van der Waals surface area contributed by atoms with Gasteiger partial charge in [0.1, 0.15) is 23.2 Å². The lowest BCUT2D eigenvalue weighted by atomic mass is 9.86. The minimum atomic E-state index is -1.63. The largest absolute Gasteiger partial charge is 0.481 e. The maximum atomic E-state index is 15.0. The van der Waals surface area contributed by atoms with Gasteiger partial charge in [-0.3, -0.25) is 28.9 Å². The van der Waals surface area contributed by atoms with Crippen molar-refractivity contribution in [2.24, 2.45) is 23.7 Å². The number of hydrogen-bond donors (Lipinski definition) is 8. The van der Waals surface area contributed by atoms with E-state index < -0.39 is 89.6 Å². The van der Waals surface area contributed by atoms with E-state index in [1.165, 1.54) is 35.4 Å². The fourth-order valence-corrected chi connectivity index (χ4v) is 10.7. The molecule has 53 heavy (non-hydrogen) atoms. The van der Waals surface area contributed by atoms with Gasteiger partial charge in [-0.15, -0.1) is 23.5 Å². The number of nitrogens with one attached hydrogen (secondary N) is 3. The number of likely N-dealkylation sites (N-methyl/N-ethyl adjacent to an activating group) is 2. The molecule has 4 heterocycles. The molecule has 4 aliphatic heterocycles. The molecular formula is C34H52N6O11S2. The SMILES string of the molecule is C[C@@H](O)[C@@H](C(=O)O)[C@@H]1NC(C(=O)N2C(C(=O)O)=C(S[C@@H]3CN[C@H](C(=O)N(C)C)C3)[C@H](C)[C@@H]2[C@H](C(=O)O)[C@@H](C)O)=C(S[C@@H]2CN[C@H](C(=O)N(C)C)C2)[C@@H]1C. The number of aliphatic carboxylic acids is 3. The Bertz CT molecular complexity index is 1550. The van der Waals surface area contributed by atoms with E-state index in [1.54, 1.807) is 42.0 Å². The van der Waals surface area contributed by atoms with Crippen molar-refractivity contribution >= 4 is 59.2 Å². The highest BCUT2D eigenvalue weighted by Crippen LogP contribution is 2.49. The van der Waals surface area contributed by atoms with Gasteiger partial charge in [0, 0.05) is 79.5 Å². The number of rotatable bonds is 14. The van der Waals surface area contributed by atoms with Gasteiger partial charge in [-0.25, -0.2) is 4.79 Å². The predicted octanol–water partition coefficient (Wildman–Crippen LogP) is -0.784. The molecule has 4 rings (SSSR count). The first-order chi connectivity index (χ1) is 24.7. The van der Waals surface area contributed by atoms with Gasteiger partial charge in [0.25, 0.3) is 5.91 Å². The van der Waals surface area contributed by atoms with E-state index in [0.717, 1.165) is 16.7 Å². The molecule has 0 aliphatic carbocycles. The molecule has 0 saturated carbocycles. The maximum absolute atomic E-state index is 15.0. The van der Waals surface area contributed by atoms with Crippen LogP contribution in [0.25, 0.3) is 0 Å². The molecular weight excluding hydrogens is 733 g/mol. The molecule has 17 nitrogen and oxygen atoms in total. The molecule has 0 bridgehead atoms. The molecule has 19 heteroatoms. The van der Waals surface area contributed by atoms with E-state index in [9.17, 15) is 49.5 Å². The van der Waals surface area contributed by atoms with Crippen LogP contribution < -0.4 is 16.0 Å². The lowest BCUT2D eigenvalue weighted by Crippen LogP contribution is -2.52. The van der Waals surface area contributed by atoms with E-state index in [2.05, 4.69) is 16.0 Å². The molecule has 3 amide bonds. The number of carboxylic acids is 3. The van der Waals surface area contributed by atoms with E-state index in [-0.39, 0.29) is 32.9 Å². The molecule has 2 saturated heterocycles. The van der Waals surface area contributed by atoms with Crippen molar-refractivity contribution in [3.05, 3.63) is 21.2 Å². The first kappa shape index (κ1) is 42.4. The zero-order chi connectivity index (χ0) is 39.8. The number of carbonyl (C=O) groups excluding carboxylic acids is 3. The van der Waals surface area contributed by atoms with Gasteiger partial charge in [0.15, 0.2) is 0 Å². The lowest BCUT2D eigenvalue weighted by molar-refractivity contribution is -0.152. The number of aliphatic hydroxyl groups excluding tert-OH is 2. The monoisotopic (exact) mass is 784 g/mol. The molecule has 0 unspecified atom stereocenters. The molecule has 2 fully saturated rings. The lowest BCUT2D eigenvalue weighted by Gasteiger charge is -2.35. The summed E-state index contributed by atoms with van der Waals surface area (Å²) in [5.41, 5.74) is -0.607. The number of carbonyl (C=O) groups is 6. The summed E-state index contributed by atoms with van der Waals surface area (Å²) < 4.78 is 0. The number of amides is 3. The Morgan fingerprint density at radius 3 is 1.58 bits per heavy atom. The summed E-state index contributed by atoms with van der Waals surface area (Å²) in [5.74, 6) is -10.1. The zero-order valence-electron chi connectivity index (χ0n) is 31.1. The second-order valence-electron chi connectivity index (χ2n) is 14.7. The highest BCUT2D eigenvalue weighted by Gasteiger charge is 2.54. The number of nitrogens with zero attached hydrogens (tertiary/aromatic N) is 3. The molecule has 0 aromatic carbocycles. The Hall–Kier alpha value is -3.36. The average Bonchev–Trinajstić information content (AvgIpc) is 3.84. The van der Waals surface area contributed by atoms with Crippen molar-refractivity contribution in [3.8, 4) is 0 Å². The van der Waals surface area contributed by atoms with Crippen molar-refractivity contribution in [2.75, 3.05) is 41.3 Å². The van der Waals surface area contributed by atoms with E-state index in [1.807, 2.05) is 0 Å². The third-order valence-electron chi connectivity index (χ3n) is 10.5. The average molecular weight is 785 g/mol. The van der Waals surface area contributed by atoms with Crippen molar-refractivity contribution in [1.29, 1.82) is 0 Å². The van der Waals surface area contributed by atoms with E-state index in [0.29, 0.717) is 30.8 Å². The smallest absolute Gasteiger partial charge is 0.353 e. The Morgan fingerprint density at radius 2 is 1.19 bits per heavy atom. The predicted molar refractivity (Wildman–Crippen MR) is 196 cm³/mol. The van der Waals surface area contributed by atoms with Crippen molar-refractivity contribution in [3.63, 3.8) is 0 Å². The number of thioether (sulfide) groups is 2. The normalized spacial score (nSPS) is 30.9. The third-order valence-corrected chi connectivity index (χ3v) is 13.5. The first-order valence-electron chi connectivity index (χ1n) is 17.5. The van der Waals surface area contributed by atoms with E-state index >= 15 is 4.79 Å². The highest BCUT2D eigenvalue weighted by atomic mass is 32.2. The van der Waals surface area contributed by atoms with Gasteiger partial charge >= 0.3 is 17.9 Å². The molecule has 0 aromatic heterocycles. The summed E-state index contributed by atoms with van der Waals surface area (Å²) in [6.45, 7) is 6.57. The van der Waals surface area contributed by atoms with Crippen LogP contribution in [0.3, 0.4) is 0 Å². The number of hydrogen-bond acceptors (Lipinski definition) is 13. The minimum absolute atomic E-state index is 0.141. The first-order valence-corrected chi connectivity index (χ1v) is 19.3. The molecule has 4 aliphatic rings. The van der Waals surface area contributed by atoms with Crippen LogP contribution in [0.5, 0.6) is 0 Å². The zero-order valence-corrected chi connectivity index (χ0v) is 32.7. The third kappa shape index (κ3) is 8.64. The standard InChI is InChI=1S/C34H52N6O11S2/c1-13-23(21(15(3)41)32(46)47)37-24(27(13)52-17-9-19(35-11-17)29(43)38(5)6)31(45)40-25(22(16(4)42)33(48)49)14(2)28(26(40)34(50)51)53-18-10-20(36-12-18)30(44)39(7)8/h13-23,25,35-37,41-42H,9-12H2,1-8H3,(H,46,47)(H,48,49)(H,50,51)/t13-,14-,15-,16-,17+,18+,19+,20+,21-,22-,23-,25-/m1/s1. The van der Waals surface area contributed by atoms with Gasteiger partial charge in [0.2, 0.25) is 11.8 Å². The van der Waals surface area contributed by atoms with E-state index in [4.69, 9.17) is 0 Å². The Balaban J connectivity index is 1.83. The second kappa shape index (κ2) is 17.0. The Labute approximate surface area is 316 Å². The summed E-state index contributed by atoms with van der Waals surface area (Å²) in [6.07, 6.45) is -2.14. The summed E-state index contributed by atoms with van der Waals surface area (Å²) >= 11 is 2.39. The van der Waals surface area contributed by atoms with Crippen LogP contribution in [0.2, 0.25) is 0 Å². The molecule has 12 atom stereocenters. The molecule has 0 aromatic rings. The van der Waals surface area contributed by atoms with Gasteiger partial charge in [0.05, 0.1) is 30.3 Å². The van der Waals surface area contributed by atoms with Crippen LogP contribution in [0.1, 0.15) is 40.5 Å². The molecule has 0 radical (unpaired) electrons. The maximum Gasteiger partial charge on any atom is 0.353 e. The van der Waals surface area contributed by atoms with Crippen molar-refractivity contribution in [1.82, 2.24) is 30.7 Å². The Morgan fingerprint density at radius 1 is 0.736 bits per heavy atom. The summed E-state index contributed by atoms with van der Waals surface area (Å²) in [4.78, 5) is 83.3. The Kier molecular flexibility index (Phi) is 13.6. The summed E-state index contributed by atoms with van der Waals surface area (Å²) in [6, 6.07) is -3.42. The molecule has 0 spiro atoms. The minimum Gasteiger partial charge on any atom is -0.481 e. The van der Waals surface area contributed by atoms with Crippen LogP contribution in [0, 0.1) is 23.7 Å². The van der Waals surface area contributed by atoms with Gasteiger partial charge < -0.3 is 51.3 Å². The van der Waals surface area contributed by atoms with Crippen LogP contribution in [-0.4, -0.2) is 164 Å². The quantitative estimate of drug-likeness (QED) is 0.108. The fraction of sp³-hybridized carbons (Fsp3) is 0.706. The van der Waals surface area contributed by atoms with Gasteiger partial charge in [-0.1, -0.05) is 13.8 Å². The van der Waals surface area contributed by atoms with Gasteiger partial charge in [-0.05, 0) is 26.7 Å². The molecule has 296 valence electrons. The van der Waals surface area contributed by atoms with Crippen molar-refractivity contribution in [2.45, 2.75) is 87.4 Å². The fourth-order valence-electron chi connectivity index (χ4n) is 7.79. The molecule has 8 N–H and O–H groups in total. The van der Waals surface area contributed by atoms with Crippen LogP contribution in [0.15, 0.2) is 21.2 Å². The summed E-state index contributed by atoms with van der Waals surface area (Å²) in [7, 11) is 6.52. The van der Waals surface area contributed by atoms with Crippen LogP contribution in [-0.2, 0) is 28.8 Å². The van der Waals surface area contributed by atoms with Crippen LogP contribution in [0.4, 0.5) is 0 Å². The van der Waals surface area contributed by atoms with Crippen molar-refractivity contribution < 1.29 is 54.3 Å². The second-order valence-corrected chi connectivity index (χ2v) is 17.4.